The first-order valence-corrected chi connectivity index (χ1v) is 10.0. The van der Waals surface area contributed by atoms with E-state index in [1.165, 1.54) is 14.2 Å². The molecule has 3 aromatic rings. The smallest absolute Gasteiger partial charge is 0.263 e. The zero-order chi connectivity index (χ0) is 22.2. The number of methoxy groups -OCH3 is 2. The van der Waals surface area contributed by atoms with E-state index in [0.29, 0.717) is 54.0 Å². The second kappa shape index (κ2) is 10.4. The molecule has 1 N–H and O–H groups in total. The lowest BCUT2D eigenvalue weighted by atomic mass is 10.1. The van der Waals surface area contributed by atoms with Crippen molar-refractivity contribution in [2.75, 3.05) is 32.8 Å². The largest absolute Gasteiger partial charge is 0.496 e. The van der Waals surface area contributed by atoms with Crippen molar-refractivity contribution < 1.29 is 23.7 Å². The SMILES string of the molecule is CCOc1ccc(Cn2cc(NC(=O)c3c(OC)cccc3OC)cn2)cc1OCC. The van der Waals surface area contributed by atoms with E-state index in [1.807, 2.05) is 32.0 Å². The minimum Gasteiger partial charge on any atom is -0.496 e. The van der Waals surface area contributed by atoms with E-state index < -0.39 is 0 Å². The van der Waals surface area contributed by atoms with E-state index in [9.17, 15) is 4.79 Å². The summed E-state index contributed by atoms with van der Waals surface area (Å²) < 4.78 is 23.6. The highest BCUT2D eigenvalue weighted by atomic mass is 16.5. The summed E-state index contributed by atoms with van der Waals surface area (Å²) in [5.41, 5.74) is 1.89. The first-order chi connectivity index (χ1) is 15.1. The molecule has 8 heteroatoms. The number of aromatic nitrogens is 2. The van der Waals surface area contributed by atoms with E-state index in [4.69, 9.17) is 18.9 Å². The molecule has 1 aromatic heterocycles. The topological polar surface area (TPSA) is 83.8 Å². The van der Waals surface area contributed by atoms with Crippen LogP contribution in [-0.2, 0) is 6.54 Å². The maximum Gasteiger partial charge on any atom is 0.263 e. The number of carbonyl (C=O) groups is 1. The Labute approximate surface area is 181 Å². The number of ether oxygens (including phenoxy) is 4. The highest BCUT2D eigenvalue weighted by molar-refractivity contribution is 6.08. The quantitative estimate of drug-likeness (QED) is 0.529. The predicted octanol–water partition coefficient (Wildman–Crippen LogP) is 4.00. The van der Waals surface area contributed by atoms with Gasteiger partial charge in [0.1, 0.15) is 17.1 Å². The molecular weight excluding hydrogens is 398 g/mol. The van der Waals surface area contributed by atoms with Gasteiger partial charge in [0.15, 0.2) is 11.5 Å². The number of amides is 1. The van der Waals surface area contributed by atoms with Gasteiger partial charge >= 0.3 is 0 Å². The van der Waals surface area contributed by atoms with Crippen LogP contribution < -0.4 is 24.3 Å². The van der Waals surface area contributed by atoms with E-state index >= 15 is 0 Å². The first-order valence-electron chi connectivity index (χ1n) is 10.0. The van der Waals surface area contributed by atoms with E-state index in [2.05, 4.69) is 10.4 Å². The normalized spacial score (nSPS) is 10.5. The summed E-state index contributed by atoms with van der Waals surface area (Å²) >= 11 is 0. The van der Waals surface area contributed by atoms with E-state index in [0.717, 1.165) is 5.56 Å². The van der Waals surface area contributed by atoms with Crippen LogP contribution in [0.5, 0.6) is 23.0 Å². The van der Waals surface area contributed by atoms with Crippen molar-refractivity contribution in [2.24, 2.45) is 0 Å². The maximum atomic E-state index is 12.8. The van der Waals surface area contributed by atoms with Gasteiger partial charge in [0.05, 0.1) is 45.9 Å². The van der Waals surface area contributed by atoms with Crippen LogP contribution in [0.2, 0.25) is 0 Å². The van der Waals surface area contributed by atoms with Gasteiger partial charge in [0.2, 0.25) is 0 Å². The van der Waals surface area contributed by atoms with Crippen molar-refractivity contribution in [3.05, 3.63) is 59.9 Å². The van der Waals surface area contributed by atoms with Gasteiger partial charge in [-0.2, -0.15) is 5.10 Å². The number of nitrogens with one attached hydrogen (secondary N) is 1. The van der Waals surface area contributed by atoms with Crippen molar-refractivity contribution in [3.8, 4) is 23.0 Å². The van der Waals surface area contributed by atoms with Gasteiger partial charge in [-0.15, -0.1) is 0 Å². The molecule has 0 aliphatic rings. The zero-order valence-corrected chi connectivity index (χ0v) is 18.2. The Kier molecular flexibility index (Phi) is 7.37. The standard InChI is InChI=1S/C23H27N3O5/c1-5-30-18-11-10-16(12-21(18)31-6-2)14-26-15-17(13-24-26)25-23(27)22-19(28-3)8-7-9-20(22)29-4/h7-13,15H,5-6,14H2,1-4H3,(H,25,27). The maximum absolute atomic E-state index is 12.8. The Bertz CT molecular complexity index is 1010. The average molecular weight is 425 g/mol. The molecule has 3 rings (SSSR count). The lowest BCUT2D eigenvalue weighted by Crippen LogP contribution is -2.14. The molecule has 0 fully saturated rings. The summed E-state index contributed by atoms with van der Waals surface area (Å²) in [6, 6.07) is 11.0. The fourth-order valence-electron chi connectivity index (χ4n) is 3.16. The van der Waals surface area contributed by atoms with Crippen molar-refractivity contribution >= 4 is 11.6 Å². The van der Waals surface area contributed by atoms with Gasteiger partial charge in [-0.25, -0.2) is 0 Å². The Morgan fingerprint density at radius 2 is 1.65 bits per heavy atom. The summed E-state index contributed by atoms with van der Waals surface area (Å²) in [5.74, 6) is 1.94. The predicted molar refractivity (Wildman–Crippen MR) is 118 cm³/mol. The van der Waals surface area contributed by atoms with Crippen molar-refractivity contribution in [1.29, 1.82) is 0 Å². The average Bonchev–Trinajstić information content (AvgIpc) is 3.21. The van der Waals surface area contributed by atoms with Gasteiger partial charge in [-0.05, 0) is 43.7 Å². The lowest BCUT2D eigenvalue weighted by Gasteiger charge is -2.12. The number of rotatable bonds is 10. The molecule has 31 heavy (non-hydrogen) atoms. The molecule has 0 radical (unpaired) electrons. The van der Waals surface area contributed by atoms with Crippen LogP contribution in [0.25, 0.3) is 0 Å². The number of hydrogen-bond acceptors (Lipinski definition) is 6. The van der Waals surface area contributed by atoms with Crippen molar-refractivity contribution in [3.63, 3.8) is 0 Å². The fraction of sp³-hybridized carbons (Fsp3) is 0.304. The minimum atomic E-state index is -0.339. The molecule has 1 heterocycles. The summed E-state index contributed by atoms with van der Waals surface area (Å²) in [5, 5.41) is 7.19. The van der Waals surface area contributed by atoms with Crippen LogP contribution in [0, 0.1) is 0 Å². The second-order valence-electron chi connectivity index (χ2n) is 6.57. The van der Waals surface area contributed by atoms with Crippen LogP contribution >= 0.6 is 0 Å². The molecule has 0 saturated carbocycles. The molecule has 0 bridgehead atoms. The summed E-state index contributed by atoms with van der Waals surface area (Å²) in [4.78, 5) is 12.8. The van der Waals surface area contributed by atoms with Crippen molar-refractivity contribution in [2.45, 2.75) is 20.4 Å². The number of hydrogen-bond donors (Lipinski definition) is 1. The molecule has 0 atom stereocenters. The molecule has 0 unspecified atom stereocenters. The van der Waals surface area contributed by atoms with Gasteiger partial charge < -0.3 is 24.3 Å². The third-order valence-corrected chi connectivity index (χ3v) is 4.50. The lowest BCUT2D eigenvalue weighted by molar-refractivity contribution is 0.102. The summed E-state index contributed by atoms with van der Waals surface area (Å²) in [7, 11) is 3.02. The summed E-state index contributed by atoms with van der Waals surface area (Å²) in [6.45, 7) is 5.50. The molecule has 0 spiro atoms. The number of carbonyl (C=O) groups excluding carboxylic acids is 1. The molecular formula is C23H27N3O5. The van der Waals surface area contributed by atoms with Gasteiger partial charge in [-0.1, -0.05) is 12.1 Å². The molecule has 0 aliphatic heterocycles. The molecule has 0 saturated heterocycles. The first kappa shape index (κ1) is 22.0. The summed E-state index contributed by atoms with van der Waals surface area (Å²) in [6.07, 6.45) is 3.36. The highest BCUT2D eigenvalue weighted by Crippen LogP contribution is 2.30. The minimum absolute atomic E-state index is 0.327. The number of anilines is 1. The number of benzene rings is 2. The Balaban J connectivity index is 1.74. The molecule has 8 nitrogen and oxygen atoms in total. The Morgan fingerprint density at radius 3 is 2.29 bits per heavy atom. The molecule has 0 aliphatic carbocycles. The second-order valence-corrected chi connectivity index (χ2v) is 6.57. The van der Waals surface area contributed by atoms with Crippen molar-refractivity contribution in [1.82, 2.24) is 9.78 Å². The van der Waals surface area contributed by atoms with Gasteiger partial charge in [-0.3, -0.25) is 9.48 Å². The molecule has 1 amide bonds. The molecule has 164 valence electrons. The number of nitrogens with zero attached hydrogens (tertiary/aromatic N) is 2. The third kappa shape index (κ3) is 5.28. The van der Waals surface area contributed by atoms with E-state index in [1.54, 1.807) is 35.3 Å². The van der Waals surface area contributed by atoms with Crippen LogP contribution in [0.3, 0.4) is 0 Å². The third-order valence-electron chi connectivity index (χ3n) is 4.50. The van der Waals surface area contributed by atoms with Crippen LogP contribution in [0.1, 0.15) is 29.8 Å². The van der Waals surface area contributed by atoms with Gasteiger partial charge in [0, 0.05) is 6.20 Å². The zero-order valence-electron chi connectivity index (χ0n) is 18.2. The van der Waals surface area contributed by atoms with Crippen LogP contribution in [0.4, 0.5) is 5.69 Å². The van der Waals surface area contributed by atoms with E-state index in [-0.39, 0.29) is 5.91 Å². The Morgan fingerprint density at radius 1 is 0.968 bits per heavy atom. The fourth-order valence-corrected chi connectivity index (χ4v) is 3.16. The Hall–Kier alpha value is -3.68. The van der Waals surface area contributed by atoms with Crippen LogP contribution in [0.15, 0.2) is 48.8 Å². The molecule has 2 aromatic carbocycles. The van der Waals surface area contributed by atoms with Crippen LogP contribution in [-0.4, -0.2) is 43.1 Å². The highest BCUT2D eigenvalue weighted by Gasteiger charge is 2.19. The monoisotopic (exact) mass is 425 g/mol. The van der Waals surface area contributed by atoms with Gasteiger partial charge in [0.25, 0.3) is 5.91 Å².